The molecule has 0 bridgehead atoms. The molecule has 1 N–H and O–H groups in total. The van der Waals surface area contributed by atoms with Gasteiger partial charge in [0.25, 0.3) is 5.91 Å². The van der Waals surface area contributed by atoms with Crippen molar-refractivity contribution >= 4 is 51.9 Å². The monoisotopic (exact) mass is 514 g/mol. The number of rotatable bonds is 6. The number of hydrogen-bond acceptors (Lipinski definition) is 3. The minimum absolute atomic E-state index is 0.0252. The second-order valence-corrected chi connectivity index (χ2v) is 7.69. The zero-order chi connectivity index (χ0) is 20.6. The minimum atomic E-state index is -0.446. The molecule has 0 aromatic heterocycles. The van der Waals surface area contributed by atoms with E-state index in [-0.39, 0.29) is 5.57 Å². The van der Waals surface area contributed by atoms with Crippen LogP contribution in [0.5, 0.6) is 5.75 Å². The van der Waals surface area contributed by atoms with Gasteiger partial charge in [-0.2, -0.15) is 5.26 Å². The van der Waals surface area contributed by atoms with Gasteiger partial charge in [-0.05, 0) is 76.2 Å². The van der Waals surface area contributed by atoms with Crippen LogP contribution >= 0.6 is 34.2 Å². The maximum absolute atomic E-state index is 12.4. The molecule has 0 saturated heterocycles. The van der Waals surface area contributed by atoms with Crippen LogP contribution in [0.3, 0.4) is 0 Å². The zero-order valence-corrected chi connectivity index (χ0v) is 18.1. The van der Waals surface area contributed by atoms with Gasteiger partial charge in [0, 0.05) is 8.59 Å². The van der Waals surface area contributed by atoms with E-state index in [1.807, 2.05) is 48.5 Å². The Morgan fingerprint density at radius 2 is 1.86 bits per heavy atom. The van der Waals surface area contributed by atoms with Gasteiger partial charge in [0.2, 0.25) is 0 Å². The van der Waals surface area contributed by atoms with Crippen molar-refractivity contribution < 1.29 is 9.53 Å². The first kappa shape index (κ1) is 20.9. The Morgan fingerprint density at radius 1 is 1.10 bits per heavy atom. The zero-order valence-electron chi connectivity index (χ0n) is 15.2. The number of amides is 1. The maximum Gasteiger partial charge on any atom is 0.266 e. The van der Waals surface area contributed by atoms with Crippen LogP contribution in [0, 0.1) is 14.9 Å². The summed E-state index contributed by atoms with van der Waals surface area (Å²) in [5, 5.41) is 12.8. The van der Waals surface area contributed by atoms with Crippen molar-refractivity contribution in [2.24, 2.45) is 0 Å². The normalized spacial score (nSPS) is 10.9. The third kappa shape index (κ3) is 6.08. The van der Waals surface area contributed by atoms with Gasteiger partial charge in [0.1, 0.15) is 24.0 Å². The van der Waals surface area contributed by atoms with Crippen molar-refractivity contribution in [3.05, 3.63) is 98.1 Å². The number of nitrogens with one attached hydrogen (secondary N) is 1. The number of nitrogens with zero attached hydrogens (tertiary/aromatic N) is 1. The standard InChI is InChI=1S/C23H16ClIN2O2/c24-19-5-3-4-17(13-19)15-29-20-10-8-16(9-11-20)12-18(14-26)23(28)27-22-7-2-1-6-21(22)25/h1-13H,15H2,(H,27,28)/b18-12+. The predicted molar refractivity (Wildman–Crippen MR) is 124 cm³/mol. The molecule has 0 radical (unpaired) electrons. The molecule has 1 amide bonds. The Bertz CT molecular complexity index is 1090. The Labute approximate surface area is 187 Å². The maximum atomic E-state index is 12.4. The summed E-state index contributed by atoms with van der Waals surface area (Å²) in [7, 11) is 0. The lowest BCUT2D eigenvalue weighted by Gasteiger charge is -2.08. The molecule has 3 rings (SSSR count). The number of anilines is 1. The number of carbonyl (C=O) groups is 1. The molecule has 0 fully saturated rings. The smallest absolute Gasteiger partial charge is 0.266 e. The molecular formula is C23H16ClIN2O2. The summed E-state index contributed by atoms with van der Waals surface area (Å²) in [6, 6.07) is 24.0. The van der Waals surface area contributed by atoms with E-state index in [9.17, 15) is 10.1 Å². The number of nitriles is 1. The minimum Gasteiger partial charge on any atom is -0.489 e. The summed E-state index contributed by atoms with van der Waals surface area (Å²) in [4.78, 5) is 12.4. The van der Waals surface area contributed by atoms with Gasteiger partial charge in [-0.15, -0.1) is 0 Å². The van der Waals surface area contributed by atoms with Crippen LogP contribution < -0.4 is 10.1 Å². The molecule has 0 heterocycles. The largest absolute Gasteiger partial charge is 0.489 e. The molecule has 0 unspecified atom stereocenters. The summed E-state index contributed by atoms with van der Waals surface area (Å²) in [6.07, 6.45) is 1.55. The lowest BCUT2D eigenvalue weighted by atomic mass is 10.1. The average molecular weight is 515 g/mol. The van der Waals surface area contributed by atoms with Crippen LogP contribution in [-0.4, -0.2) is 5.91 Å². The van der Waals surface area contributed by atoms with Crippen molar-refractivity contribution in [2.45, 2.75) is 6.61 Å². The molecule has 0 saturated carbocycles. The Kier molecular flexibility index (Phi) is 7.28. The highest BCUT2D eigenvalue weighted by atomic mass is 127. The van der Waals surface area contributed by atoms with Gasteiger partial charge in [-0.1, -0.05) is 48.0 Å². The predicted octanol–water partition coefficient (Wildman–Crippen LogP) is 6.07. The second-order valence-electron chi connectivity index (χ2n) is 6.09. The SMILES string of the molecule is N#C/C(=C\c1ccc(OCc2cccc(Cl)c2)cc1)C(=O)Nc1ccccc1I. The number of para-hydroxylation sites is 1. The highest BCUT2D eigenvalue weighted by Gasteiger charge is 2.11. The first-order chi connectivity index (χ1) is 14.0. The lowest BCUT2D eigenvalue weighted by molar-refractivity contribution is -0.112. The molecule has 0 aliphatic heterocycles. The highest BCUT2D eigenvalue weighted by molar-refractivity contribution is 14.1. The second kappa shape index (κ2) is 10.1. The first-order valence-corrected chi connectivity index (χ1v) is 10.2. The van der Waals surface area contributed by atoms with E-state index in [4.69, 9.17) is 16.3 Å². The van der Waals surface area contributed by atoms with Crippen LogP contribution in [0.4, 0.5) is 5.69 Å². The third-order valence-corrected chi connectivity index (χ3v) is 5.15. The van der Waals surface area contributed by atoms with E-state index in [0.717, 1.165) is 14.7 Å². The van der Waals surface area contributed by atoms with E-state index in [2.05, 4.69) is 27.9 Å². The molecule has 0 aliphatic rings. The molecular weight excluding hydrogens is 499 g/mol. The van der Waals surface area contributed by atoms with Crippen LogP contribution in [-0.2, 0) is 11.4 Å². The summed E-state index contributed by atoms with van der Waals surface area (Å²) < 4.78 is 6.65. The molecule has 0 atom stereocenters. The lowest BCUT2D eigenvalue weighted by Crippen LogP contribution is -2.14. The molecule has 6 heteroatoms. The summed E-state index contributed by atoms with van der Waals surface area (Å²) in [5.41, 5.74) is 2.40. The summed E-state index contributed by atoms with van der Waals surface area (Å²) in [5.74, 6) is 0.238. The van der Waals surface area contributed by atoms with Gasteiger partial charge in [-0.3, -0.25) is 4.79 Å². The van der Waals surface area contributed by atoms with E-state index < -0.39 is 5.91 Å². The molecule has 29 heavy (non-hydrogen) atoms. The quantitative estimate of drug-likeness (QED) is 0.247. The summed E-state index contributed by atoms with van der Waals surface area (Å²) >= 11 is 8.11. The molecule has 0 aliphatic carbocycles. The van der Waals surface area contributed by atoms with Crippen LogP contribution in [0.1, 0.15) is 11.1 Å². The van der Waals surface area contributed by atoms with E-state index >= 15 is 0 Å². The fourth-order valence-corrected chi connectivity index (χ4v) is 3.26. The van der Waals surface area contributed by atoms with Gasteiger partial charge in [0.05, 0.1) is 5.69 Å². The van der Waals surface area contributed by atoms with Crippen LogP contribution in [0.15, 0.2) is 78.4 Å². The van der Waals surface area contributed by atoms with Crippen molar-refractivity contribution in [1.29, 1.82) is 5.26 Å². The molecule has 3 aromatic carbocycles. The van der Waals surface area contributed by atoms with E-state index in [1.54, 1.807) is 36.4 Å². The van der Waals surface area contributed by atoms with E-state index in [0.29, 0.717) is 23.1 Å². The van der Waals surface area contributed by atoms with Gasteiger partial charge in [-0.25, -0.2) is 0 Å². The topological polar surface area (TPSA) is 62.1 Å². The fraction of sp³-hybridized carbons (Fsp3) is 0.0435. The third-order valence-electron chi connectivity index (χ3n) is 3.97. The highest BCUT2D eigenvalue weighted by Crippen LogP contribution is 2.20. The number of carbonyl (C=O) groups excluding carboxylic acids is 1. The Morgan fingerprint density at radius 3 is 2.55 bits per heavy atom. The average Bonchev–Trinajstić information content (AvgIpc) is 2.73. The van der Waals surface area contributed by atoms with E-state index in [1.165, 1.54) is 0 Å². The van der Waals surface area contributed by atoms with Gasteiger partial charge >= 0.3 is 0 Å². The van der Waals surface area contributed by atoms with Crippen LogP contribution in [0.25, 0.3) is 6.08 Å². The number of benzene rings is 3. The Balaban J connectivity index is 1.66. The van der Waals surface area contributed by atoms with Crippen molar-refractivity contribution in [3.8, 4) is 11.8 Å². The molecule has 4 nitrogen and oxygen atoms in total. The molecule has 144 valence electrons. The first-order valence-electron chi connectivity index (χ1n) is 8.70. The van der Waals surface area contributed by atoms with Crippen LogP contribution in [0.2, 0.25) is 5.02 Å². The van der Waals surface area contributed by atoms with Crippen molar-refractivity contribution in [3.63, 3.8) is 0 Å². The number of halogens is 2. The molecule has 0 spiro atoms. The fourth-order valence-electron chi connectivity index (χ4n) is 2.52. The van der Waals surface area contributed by atoms with Gasteiger partial charge in [0.15, 0.2) is 0 Å². The van der Waals surface area contributed by atoms with Crippen molar-refractivity contribution in [2.75, 3.05) is 5.32 Å². The molecule has 3 aromatic rings. The number of hydrogen-bond donors (Lipinski definition) is 1. The van der Waals surface area contributed by atoms with Crippen molar-refractivity contribution in [1.82, 2.24) is 0 Å². The number of ether oxygens (including phenoxy) is 1. The van der Waals surface area contributed by atoms with Gasteiger partial charge < -0.3 is 10.1 Å². The Hall–Kier alpha value is -2.82. The summed E-state index contributed by atoms with van der Waals surface area (Å²) in [6.45, 7) is 0.400.